The Bertz CT molecular complexity index is 901. The van der Waals surface area contributed by atoms with Crippen molar-refractivity contribution in [3.8, 4) is 0 Å². The van der Waals surface area contributed by atoms with Crippen LogP contribution in [0.4, 0.5) is 17.1 Å². The zero-order chi connectivity index (χ0) is 20.6. The molecule has 0 aromatic heterocycles. The number of hydrogen-bond acceptors (Lipinski definition) is 4. The molecule has 0 amide bonds. The quantitative estimate of drug-likeness (QED) is 0.611. The van der Waals surface area contributed by atoms with Gasteiger partial charge in [-0.3, -0.25) is 4.99 Å². The number of aliphatic imine (C=N–C) groups is 1. The first-order valence-electron chi connectivity index (χ1n) is 10.4. The van der Waals surface area contributed by atoms with E-state index in [2.05, 4.69) is 79.0 Å². The number of hydrogen-bond donors (Lipinski definition) is 0. The van der Waals surface area contributed by atoms with Crippen LogP contribution in [0.15, 0.2) is 41.4 Å². The summed E-state index contributed by atoms with van der Waals surface area (Å²) in [6, 6.07) is 12.7. The molecular formula is C24H30ClN3O. The maximum absolute atomic E-state index is 6.62. The van der Waals surface area contributed by atoms with Gasteiger partial charge in [0.25, 0.3) is 0 Å². The summed E-state index contributed by atoms with van der Waals surface area (Å²) >= 11 is 6.62. The van der Waals surface area contributed by atoms with Crippen LogP contribution in [0.3, 0.4) is 0 Å². The van der Waals surface area contributed by atoms with Gasteiger partial charge in [0.15, 0.2) is 0 Å². The van der Waals surface area contributed by atoms with Crippen molar-refractivity contribution in [3.05, 3.63) is 52.5 Å². The predicted molar refractivity (Wildman–Crippen MR) is 124 cm³/mol. The zero-order valence-corrected chi connectivity index (χ0v) is 18.5. The molecule has 2 aromatic rings. The first-order valence-corrected chi connectivity index (χ1v) is 10.8. The molecule has 2 aliphatic rings. The molecule has 0 saturated carbocycles. The van der Waals surface area contributed by atoms with E-state index < -0.39 is 0 Å². The van der Waals surface area contributed by atoms with Gasteiger partial charge < -0.3 is 14.5 Å². The molecule has 0 radical (unpaired) electrons. The molecule has 1 fully saturated rings. The molecule has 2 aliphatic heterocycles. The summed E-state index contributed by atoms with van der Waals surface area (Å²) in [5.74, 6) is 0.494. The second kappa shape index (κ2) is 8.00. The van der Waals surface area contributed by atoms with Crippen molar-refractivity contribution >= 4 is 34.9 Å². The highest BCUT2D eigenvalue weighted by Gasteiger charge is 2.34. The molecule has 154 valence electrons. The third-order valence-electron chi connectivity index (χ3n) is 6.33. The van der Waals surface area contributed by atoms with Crippen molar-refractivity contribution in [2.24, 2.45) is 4.99 Å². The van der Waals surface area contributed by atoms with E-state index in [0.29, 0.717) is 5.92 Å². The monoisotopic (exact) mass is 411 g/mol. The lowest BCUT2D eigenvalue weighted by Crippen LogP contribution is -2.45. The van der Waals surface area contributed by atoms with E-state index >= 15 is 0 Å². The maximum Gasteiger partial charge on any atom is 0.0642 e. The minimum absolute atomic E-state index is 0.133. The molecule has 0 N–H and O–H groups in total. The van der Waals surface area contributed by atoms with Gasteiger partial charge in [-0.1, -0.05) is 18.5 Å². The summed E-state index contributed by atoms with van der Waals surface area (Å²) in [5.41, 5.74) is 5.84. The van der Waals surface area contributed by atoms with Crippen molar-refractivity contribution in [2.45, 2.75) is 38.6 Å². The molecule has 5 heteroatoms. The topological polar surface area (TPSA) is 28.1 Å². The minimum Gasteiger partial charge on any atom is -0.378 e. The van der Waals surface area contributed by atoms with Crippen LogP contribution in [-0.4, -0.2) is 45.1 Å². The third-order valence-corrected chi connectivity index (χ3v) is 6.66. The Morgan fingerprint density at radius 2 is 1.83 bits per heavy atom. The van der Waals surface area contributed by atoms with E-state index in [1.807, 2.05) is 6.21 Å². The number of rotatable bonds is 3. The van der Waals surface area contributed by atoms with Crippen LogP contribution in [0.25, 0.3) is 0 Å². The Morgan fingerprint density at radius 1 is 1.14 bits per heavy atom. The highest BCUT2D eigenvalue weighted by molar-refractivity contribution is 6.33. The van der Waals surface area contributed by atoms with Gasteiger partial charge in [-0.2, -0.15) is 0 Å². The number of halogens is 1. The predicted octanol–water partition coefficient (Wildman–Crippen LogP) is 5.65. The Morgan fingerprint density at radius 3 is 2.52 bits per heavy atom. The van der Waals surface area contributed by atoms with Gasteiger partial charge >= 0.3 is 0 Å². The van der Waals surface area contributed by atoms with Gasteiger partial charge in [-0.25, -0.2) is 0 Å². The smallest absolute Gasteiger partial charge is 0.0642 e. The molecule has 1 atom stereocenters. The van der Waals surface area contributed by atoms with Crippen molar-refractivity contribution < 1.29 is 4.74 Å². The molecule has 29 heavy (non-hydrogen) atoms. The first kappa shape index (κ1) is 20.2. The van der Waals surface area contributed by atoms with E-state index in [4.69, 9.17) is 16.3 Å². The lowest BCUT2D eigenvalue weighted by atomic mass is 9.80. The van der Waals surface area contributed by atoms with Crippen molar-refractivity contribution in [2.75, 3.05) is 43.2 Å². The second-order valence-electron chi connectivity index (χ2n) is 8.78. The van der Waals surface area contributed by atoms with E-state index in [1.165, 1.54) is 16.9 Å². The summed E-state index contributed by atoms with van der Waals surface area (Å²) in [5, 5.41) is 0.745. The van der Waals surface area contributed by atoms with Crippen molar-refractivity contribution in [1.29, 1.82) is 0 Å². The molecule has 1 unspecified atom stereocenters. The normalized spacial score (nSPS) is 21.5. The van der Waals surface area contributed by atoms with Crippen LogP contribution in [-0.2, 0) is 4.74 Å². The molecule has 0 aliphatic carbocycles. The maximum atomic E-state index is 6.62. The van der Waals surface area contributed by atoms with Gasteiger partial charge in [0.2, 0.25) is 0 Å². The molecule has 0 bridgehead atoms. The zero-order valence-electron chi connectivity index (χ0n) is 17.8. The number of benzene rings is 2. The Labute approximate surface area is 179 Å². The summed E-state index contributed by atoms with van der Waals surface area (Å²) in [6.07, 6.45) is 3.01. The highest BCUT2D eigenvalue weighted by Crippen LogP contribution is 2.44. The molecular weight excluding hydrogens is 382 g/mol. The van der Waals surface area contributed by atoms with Gasteiger partial charge in [-0.05, 0) is 68.1 Å². The van der Waals surface area contributed by atoms with Crippen LogP contribution in [0, 0.1) is 0 Å². The molecule has 1 saturated heterocycles. The number of ether oxygens (including phenoxy) is 1. The van der Waals surface area contributed by atoms with Gasteiger partial charge in [0, 0.05) is 48.8 Å². The number of morpholine rings is 1. The first-order chi connectivity index (χ1) is 13.8. The fraction of sp³-hybridized carbons (Fsp3) is 0.458. The van der Waals surface area contributed by atoms with Crippen molar-refractivity contribution in [3.63, 3.8) is 0 Å². The number of anilines is 2. The average molecular weight is 412 g/mol. The molecule has 2 heterocycles. The molecule has 4 rings (SSSR count). The van der Waals surface area contributed by atoms with Gasteiger partial charge in [-0.15, -0.1) is 0 Å². The van der Waals surface area contributed by atoms with Gasteiger partial charge in [0.05, 0.1) is 23.9 Å². The van der Waals surface area contributed by atoms with E-state index in [-0.39, 0.29) is 5.54 Å². The van der Waals surface area contributed by atoms with E-state index in [0.717, 1.165) is 49.0 Å². The summed E-state index contributed by atoms with van der Waals surface area (Å²) < 4.78 is 5.43. The molecule has 4 nitrogen and oxygen atoms in total. The average Bonchev–Trinajstić information content (AvgIpc) is 2.72. The third kappa shape index (κ3) is 4.15. The fourth-order valence-corrected chi connectivity index (χ4v) is 4.63. The van der Waals surface area contributed by atoms with E-state index in [1.54, 1.807) is 0 Å². The second-order valence-corrected chi connectivity index (χ2v) is 9.19. The lowest BCUT2D eigenvalue weighted by molar-refractivity contribution is 0.122. The largest absolute Gasteiger partial charge is 0.378 e. The van der Waals surface area contributed by atoms with E-state index in [9.17, 15) is 0 Å². The summed E-state index contributed by atoms with van der Waals surface area (Å²) in [6.45, 7) is 10.3. The number of nitrogens with zero attached hydrogens (tertiary/aromatic N) is 3. The van der Waals surface area contributed by atoms with Crippen LogP contribution in [0.1, 0.15) is 44.2 Å². The molecule has 0 spiro atoms. The van der Waals surface area contributed by atoms with Crippen LogP contribution in [0.5, 0.6) is 0 Å². The minimum atomic E-state index is 0.133. The standard InChI is InChI=1S/C24H30ClN3O/c1-17-15-24(2,3)27(4)23-14-22(25)18(13-21(17)23)16-26-19-5-7-20(8-6-19)28-9-11-29-12-10-28/h5-8,13-14,16-17H,9-12,15H2,1-4H3. The lowest BCUT2D eigenvalue weighted by Gasteiger charge is -2.45. The van der Waals surface area contributed by atoms with Crippen molar-refractivity contribution in [1.82, 2.24) is 0 Å². The number of fused-ring (bicyclic) bond motifs is 1. The Hall–Kier alpha value is -2.04. The summed E-state index contributed by atoms with van der Waals surface area (Å²) in [7, 11) is 2.16. The van der Waals surface area contributed by atoms with Crippen LogP contribution < -0.4 is 9.80 Å². The Balaban J connectivity index is 1.55. The highest BCUT2D eigenvalue weighted by atomic mass is 35.5. The SMILES string of the molecule is CC1CC(C)(C)N(C)c2cc(Cl)c(C=Nc3ccc(N4CCOCC4)cc3)cc21. The van der Waals surface area contributed by atoms with Crippen LogP contribution >= 0.6 is 11.6 Å². The van der Waals surface area contributed by atoms with Crippen LogP contribution in [0.2, 0.25) is 5.02 Å². The van der Waals surface area contributed by atoms with Gasteiger partial charge in [0.1, 0.15) is 0 Å². The fourth-order valence-electron chi connectivity index (χ4n) is 4.42. The molecule has 2 aromatic carbocycles. The Kier molecular flexibility index (Phi) is 5.58. The summed E-state index contributed by atoms with van der Waals surface area (Å²) in [4.78, 5) is 9.37.